The maximum Gasteiger partial charge on any atom is 0.126 e. The number of halogens is 1. The Balaban J connectivity index is 1.76. The SMILES string of the molecule is C=Cc1ccccc1OCCOCc1c(Br)cnn1C. The molecule has 0 bridgehead atoms. The molecule has 20 heavy (non-hydrogen) atoms. The summed E-state index contributed by atoms with van der Waals surface area (Å²) in [7, 11) is 1.89. The summed E-state index contributed by atoms with van der Waals surface area (Å²) in [6.07, 6.45) is 3.54. The third-order valence-electron chi connectivity index (χ3n) is 2.87. The molecule has 0 aliphatic carbocycles. The van der Waals surface area contributed by atoms with Crippen LogP contribution < -0.4 is 4.74 Å². The van der Waals surface area contributed by atoms with E-state index in [0.29, 0.717) is 19.8 Å². The zero-order chi connectivity index (χ0) is 14.4. The van der Waals surface area contributed by atoms with Gasteiger partial charge in [0.05, 0.1) is 29.6 Å². The van der Waals surface area contributed by atoms with Crippen molar-refractivity contribution < 1.29 is 9.47 Å². The van der Waals surface area contributed by atoms with Crippen molar-refractivity contribution in [2.45, 2.75) is 6.61 Å². The fraction of sp³-hybridized carbons (Fsp3) is 0.267. The van der Waals surface area contributed by atoms with Crippen molar-refractivity contribution in [1.82, 2.24) is 9.78 Å². The number of nitrogens with zero attached hydrogens (tertiary/aromatic N) is 2. The van der Waals surface area contributed by atoms with E-state index in [9.17, 15) is 0 Å². The van der Waals surface area contributed by atoms with Gasteiger partial charge in [-0.15, -0.1) is 0 Å². The van der Waals surface area contributed by atoms with Gasteiger partial charge in [-0.05, 0) is 22.0 Å². The molecule has 0 atom stereocenters. The van der Waals surface area contributed by atoms with Gasteiger partial charge in [0.15, 0.2) is 0 Å². The molecule has 106 valence electrons. The van der Waals surface area contributed by atoms with Crippen LogP contribution in [0.15, 0.2) is 41.5 Å². The second-order valence-corrected chi connectivity index (χ2v) is 5.06. The molecule has 0 aliphatic heterocycles. The van der Waals surface area contributed by atoms with Crippen molar-refractivity contribution in [2.24, 2.45) is 7.05 Å². The van der Waals surface area contributed by atoms with Gasteiger partial charge < -0.3 is 9.47 Å². The van der Waals surface area contributed by atoms with Gasteiger partial charge in [-0.3, -0.25) is 4.68 Å². The standard InChI is InChI=1S/C15H17BrN2O2/c1-3-12-6-4-5-7-15(12)20-9-8-19-11-14-13(16)10-17-18(14)2/h3-7,10H,1,8-9,11H2,2H3. The average Bonchev–Trinajstić information content (AvgIpc) is 2.79. The van der Waals surface area contributed by atoms with Crippen LogP contribution in [0.4, 0.5) is 0 Å². The van der Waals surface area contributed by atoms with Crippen molar-refractivity contribution in [2.75, 3.05) is 13.2 Å². The maximum absolute atomic E-state index is 5.68. The van der Waals surface area contributed by atoms with Crippen LogP contribution in [0.25, 0.3) is 6.08 Å². The van der Waals surface area contributed by atoms with Crippen LogP contribution in [0.5, 0.6) is 5.75 Å². The lowest BCUT2D eigenvalue weighted by Crippen LogP contribution is -2.09. The van der Waals surface area contributed by atoms with E-state index in [0.717, 1.165) is 21.5 Å². The average molecular weight is 337 g/mol. The zero-order valence-electron chi connectivity index (χ0n) is 11.4. The molecule has 2 rings (SSSR count). The molecule has 1 aromatic heterocycles. The predicted molar refractivity (Wildman–Crippen MR) is 82.6 cm³/mol. The van der Waals surface area contributed by atoms with Crippen LogP contribution in [0.1, 0.15) is 11.3 Å². The highest BCUT2D eigenvalue weighted by Gasteiger charge is 2.05. The van der Waals surface area contributed by atoms with Gasteiger partial charge in [-0.25, -0.2) is 0 Å². The molecule has 0 aliphatic rings. The minimum Gasteiger partial charge on any atom is -0.491 e. The van der Waals surface area contributed by atoms with Gasteiger partial charge in [-0.1, -0.05) is 30.9 Å². The van der Waals surface area contributed by atoms with Crippen LogP contribution in [-0.4, -0.2) is 23.0 Å². The first-order chi connectivity index (χ1) is 9.72. The Bertz CT molecular complexity index is 562. The van der Waals surface area contributed by atoms with Crippen LogP contribution in [0, 0.1) is 0 Å². The quantitative estimate of drug-likeness (QED) is 0.727. The highest BCUT2D eigenvalue weighted by Crippen LogP contribution is 2.19. The molecular weight excluding hydrogens is 320 g/mol. The number of rotatable bonds is 7. The summed E-state index contributed by atoms with van der Waals surface area (Å²) in [5.74, 6) is 0.827. The van der Waals surface area contributed by atoms with Crippen molar-refractivity contribution in [1.29, 1.82) is 0 Å². The highest BCUT2D eigenvalue weighted by atomic mass is 79.9. The largest absolute Gasteiger partial charge is 0.491 e. The smallest absolute Gasteiger partial charge is 0.126 e. The molecule has 0 N–H and O–H groups in total. The molecule has 0 amide bonds. The molecule has 0 radical (unpaired) electrons. The lowest BCUT2D eigenvalue weighted by atomic mass is 10.2. The Hall–Kier alpha value is -1.59. The third-order valence-corrected chi connectivity index (χ3v) is 3.54. The van der Waals surface area contributed by atoms with E-state index in [1.165, 1.54) is 0 Å². The summed E-state index contributed by atoms with van der Waals surface area (Å²) >= 11 is 3.44. The molecule has 0 saturated carbocycles. The summed E-state index contributed by atoms with van der Waals surface area (Å²) in [5.41, 5.74) is 2.00. The van der Waals surface area contributed by atoms with Gasteiger partial charge in [0.2, 0.25) is 0 Å². The number of hydrogen-bond acceptors (Lipinski definition) is 3. The lowest BCUT2D eigenvalue weighted by molar-refractivity contribution is 0.0847. The number of benzene rings is 1. The van der Waals surface area contributed by atoms with Crippen molar-refractivity contribution >= 4 is 22.0 Å². The van der Waals surface area contributed by atoms with E-state index in [1.54, 1.807) is 17.0 Å². The van der Waals surface area contributed by atoms with E-state index in [4.69, 9.17) is 9.47 Å². The van der Waals surface area contributed by atoms with Gasteiger partial charge in [-0.2, -0.15) is 5.10 Å². The molecule has 0 unspecified atom stereocenters. The van der Waals surface area contributed by atoms with Crippen LogP contribution >= 0.6 is 15.9 Å². The second-order valence-electron chi connectivity index (χ2n) is 4.21. The highest BCUT2D eigenvalue weighted by molar-refractivity contribution is 9.10. The summed E-state index contributed by atoms with van der Waals surface area (Å²) in [5, 5.41) is 4.13. The normalized spacial score (nSPS) is 10.5. The Morgan fingerprint density at radius 2 is 2.15 bits per heavy atom. The fourth-order valence-corrected chi connectivity index (χ4v) is 2.22. The first kappa shape index (κ1) is 14.8. The number of aromatic nitrogens is 2. The Morgan fingerprint density at radius 1 is 1.35 bits per heavy atom. The topological polar surface area (TPSA) is 36.3 Å². The Morgan fingerprint density at radius 3 is 2.85 bits per heavy atom. The molecule has 5 heteroatoms. The van der Waals surface area contributed by atoms with E-state index in [2.05, 4.69) is 27.6 Å². The van der Waals surface area contributed by atoms with E-state index >= 15 is 0 Å². The Labute approximate surface area is 127 Å². The van der Waals surface area contributed by atoms with Gasteiger partial charge in [0.1, 0.15) is 12.4 Å². The molecule has 4 nitrogen and oxygen atoms in total. The number of hydrogen-bond donors (Lipinski definition) is 0. The van der Waals surface area contributed by atoms with Crippen LogP contribution in [0.3, 0.4) is 0 Å². The molecule has 0 fully saturated rings. The first-order valence-electron chi connectivity index (χ1n) is 6.30. The van der Waals surface area contributed by atoms with Crippen molar-refractivity contribution in [3.05, 3.63) is 52.8 Å². The predicted octanol–water partition coefficient (Wildman–Crippen LogP) is 3.42. The van der Waals surface area contributed by atoms with E-state index in [1.807, 2.05) is 31.3 Å². The molecular formula is C15H17BrN2O2. The van der Waals surface area contributed by atoms with Crippen LogP contribution in [0.2, 0.25) is 0 Å². The number of ether oxygens (including phenoxy) is 2. The Kier molecular flexibility index (Phi) is 5.38. The fourth-order valence-electron chi connectivity index (χ4n) is 1.76. The van der Waals surface area contributed by atoms with Crippen molar-refractivity contribution in [3.63, 3.8) is 0 Å². The summed E-state index contributed by atoms with van der Waals surface area (Å²) in [6, 6.07) is 7.79. The zero-order valence-corrected chi connectivity index (χ0v) is 13.0. The van der Waals surface area contributed by atoms with E-state index < -0.39 is 0 Å². The molecule has 1 heterocycles. The summed E-state index contributed by atoms with van der Waals surface area (Å²) < 4.78 is 14.0. The lowest BCUT2D eigenvalue weighted by Gasteiger charge is -2.09. The summed E-state index contributed by atoms with van der Waals surface area (Å²) in [4.78, 5) is 0. The van der Waals surface area contributed by atoms with Gasteiger partial charge >= 0.3 is 0 Å². The minimum absolute atomic E-state index is 0.500. The molecule has 0 spiro atoms. The first-order valence-corrected chi connectivity index (χ1v) is 7.10. The van der Waals surface area contributed by atoms with Crippen molar-refractivity contribution in [3.8, 4) is 5.75 Å². The second kappa shape index (κ2) is 7.26. The van der Waals surface area contributed by atoms with Gasteiger partial charge in [0, 0.05) is 12.6 Å². The molecule has 2 aromatic rings. The summed E-state index contributed by atoms with van der Waals surface area (Å²) in [6.45, 7) is 5.28. The number of aryl methyl sites for hydroxylation is 1. The minimum atomic E-state index is 0.500. The van der Waals surface area contributed by atoms with Crippen LogP contribution in [-0.2, 0) is 18.4 Å². The monoisotopic (exact) mass is 336 g/mol. The van der Waals surface area contributed by atoms with E-state index in [-0.39, 0.29) is 0 Å². The maximum atomic E-state index is 5.68. The number of para-hydroxylation sites is 1. The molecule has 1 aromatic carbocycles. The van der Waals surface area contributed by atoms with Gasteiger partial charge in [0.25, 0.3) is 0 Å². The molecule has 0 saturated heterocycles. The third kappa shape index (κ3) is 3.71.